The van der Waals surface area contributed by atoms with Crippen LogP contribution in [0.1, 0.15) is 15.9 Å². The molecular weight excluding hydrogens is 374 g/mol. The summed E-state index contributed by atoms with van der Waals surface area (Å²) in [5.74, 6) is -0.0674. The van der Waals surface area contributed by atoms with Crippen molar-refractivity contribution in [3.05, 3.63) is 72.1 Å². The van der Waals surface area contributed by atoms with Crippen molar-refractivity contribution >= 4 is 29.3 Å². The SMILES string of the molecule is CN(Cc1ccccc1)C(=O)c1cccc(NC(=O)CSc2nncn2C)c1. The Kier molecular flexibility index (Phi) is 6.44. The van der Waals surface area contributed by atoms with Crippen LogP contribution < -0.4 is 5.32 Å². The number of nitrogens with zero attached hydrogens (tertiary/aromatic N) is 4. The number of amides is 2. The number of benzene rings is 2. The molecule has 0 bridgehead atoms. The molecule has 0 aliphatic heterocycles. The predicted octanol–water partition coefficient (Wildman–Crippen LogP) is 2.82. The first-order valence-corrected chi connectivity index (χ1v) is 9.67. The number of aryl methyl sites for hydroxylation is 1. The molecular formula is C20H21N5O2S. The van der Waals surface area contributed by atoms with Gasteiger partial charge in [-0.05, 0) is 23.8 Å². The Labute approximate surface area is 167 Å². The van der Waals surface area contributed by atoms with Crippen LogP contribution in [0.15, 0.2) is 66.1 Å². The Morgan fingerprint density at radius 3 is 2.64 bits per heavy atom. The zero-order valence-electron chi connectivity index (χ0n) is 15.7. The molecule has 2 amide bonds. The van der Waals surface area contributed by atoms with Crippen LogP contribution in [-0.4, -0.2) is 44.3 Å². The van der Waals surface area contributed by atoms with Gasteiger partial charge in [0.25, 0.3) is 5.91 Å². The minimum atomic E-state index is -0.171. The van der Waals surface area contributed by atoms with E-state index in [2.05, 4.69) is 15.5 Å². The number of hydrogen-bond donors (Lipinski definition) is 1. The molecule has 0 aliphatic carbocycles. The van der Waals surface area contributed by atoms with Crippen LogP contribution in [0.2, 0.25) is 0 Å². The van der Waals surface area contributed by atoms with Gasteiger partial charge in [-0.2, -0.15) is 0 Å². The van der Waals surface area contributed by atoms with Crippen molar-refractivity contribution < 1.29 is 9.59 Å². The van der Waals surface area contributed by atoms with Gasteiger partial charge in [-0.3, -0.25) is 9.59 Å². The van der Waals surface area contributed by atoms with Gasteiger partial charge >= 0.3 is 0 Å². The molecule has 3 aromatic rings. The fourth-order valence-electron chi connectivity index (χ4n) is 2.61. The molecule has 28 heavy (non-hydrogen) atoms. The van der Waals surface area contributed by atoms with E-state index in [1.165, 1.54) is 11.8 Å². The van der Waals surface area contributed by atoms with Crippen molar-refractivity contribution in [2.24, 2.45) is 7.05 Å². The lowest BCUT2D eigenvalue weighted by Crippen LogP contribution is -2.26. The highest BCUT2D eigenvalue weighted by Gasteiger charge is 2.13. The number of aromatic nitrogens is 3. The highest BCUT2D eigenvalue weighted by molar-refractivity contribution is 7.99. The van der Waals surface area contributed by atoms with Crippen LogP contribution in [0.4, 0.5) is 5.69 Å². The molecule has 2 aromatic carbocycles. The predicted molar refractivity (Wildman–Crippen MR) is 109 cm³/mol. The van der Waals surface area contributed by atoms with Gasteiger partial charge in [-0.25, -0.2) is 0 Å². The van der Waals surface area contributed by atoms with Crippen LogP contribution in [0.25, 0.3) is 0 Å². The zero-order valence-corrected chi connectivity index (χ0v) is 16.5. The maximum atomic E-state index is 12.7. The molecule has 1 N–H and O–H groups in total. The molecule has 0 spiro atoms. The lowest BCUT2D eigenvalue weighted by molar-refractivity contribution is -0.113. The van der Waals surface area contributed by atoms with E-state index in [1.807, 2.05) is 37.4 Å². The Morgan fingerprint density at radius 1 is 1.14 bits per heavy atom. The van der Waals surface area contributed by atoms with E-state index < -0.39 is 0 Å². The third-order valence-corrected chi connectivity index (χ3v) is 5.04. The first kappa shape index (κ1) is 19.6. The van der Waals surface area contributed by atoms with E-state index in [-0.39, 0.29) is 17.6 Å². The molecule has 8 heteroatoms. The summed E-state index contributed by atoms with van der Waals surface area (Å²) >= 11 is 1.30. The summed E-state index contributed by atoms with van der Waals surface area (Å²) in [4.78, 5) is 26.5. The molecule has 0 atom stereocenters. The Bertz CT molecular complexity index is 958. The summed E-state index contributed by atoms with van der Waals surface area (Å²) in [6.07, 6.45) is 1.58. The van der Waals surface area contributed by atoms with Crippen molar-refractivity contribution in [1.29, 1.82) is 0 Å². The van der Waals surface area contributed by atoms with Crippen molar-refractivity contribution in [1.82, 2.24) is 19.7 Å². The third kappa shape index (κ3) is 5.20. The summed E-state index contributed by atoms with van der Waals surface area (Å²) < 4.78 is 1.75. The minimum absolute atomic E-state index is 0.103. The van der Waals surface area contributed by atoms with E-state index in [4.69, 9.17) is 0 Å². The van der Waals surface area contributed by atoms with Gasteiger partial charge in [0.1, 0.15) is 6.33 Å². The maximum absolute atomic E-state index is 12.7. The van der Waals surface area contributed by atoms with Crippen LogP contribution in [0.3, 0.4) is 0 Å². The molecule has 0 aliphatic rings. The van der Waals surface area contributed by atoms with E-state index in [1.54, 1.807) is 47.1 Å². The van der Waals surface area contributed by atoms with Crippen LogP contribution in [0, 0.1) is 0 Å². The first-order valence-electron chi connectivity index (χ1n) is 8.69. The second-order valence-corrected chi connectivity index (χ2v) is 7.23. The summed E-state index contributed by atoms with van der Waals surface area (Å²) in [7, 11) is 3.58. The minimum Gasteiger partial charge on any atom is -0.337 e. The molecule has 0 radical (unpaired) electrons. The van der Waals surface area contributed by atoms with Crippen molar-refractivity contribution in [3.63, 3.8) is 0 Å². The number of nitrogens with one attached hydrogen (secondary N) is 1. The van der Waals surface area contributed by atoms with Gasteiger partial charge in [0.15, 0.2) is 5.16 Å². The van der Waals surface area contributed by atoms with Gasteiger partial charge < -0.3 is 14.8 Å². The molecule has 0 saturated carbocycles. The number of anilines is 1. The summed E-state index contributed by atoms with van der Waals surface area (Å²) in [5, 5.41) is 11.2. The average molecular weight is 395 g/mol. The first-order chi connectivity index (χ1) is 13.5. The molecule has 1 aromatic heterocycles. The highest BCUT2D eigenvalue weighted by Crippen LogP contribution is 2.16. The second kappa shape index (κ2) is 9.18. The lowest BCUT2D eigenvalue weighted by atomic mass is 10.1. The van der Waals surface area contributed by atoms with Crippen molar-refractivity contribution in [2.45, 2.75) is 11.7 Å². The highest BCUT2D eigenvalue weighted by atomic mass is 32.2. The maximum Gasteiger partial charge on any atom is 0.253 e. The molecule has 0 saturated heterocycles. The summed E-state index contributed by atoms with van der Waals surface area (Å²) in [6.45, 7) is 0.518. The fraction of sp³-hybridized carbons (Fsp3) is 0.200. The Hall–Kier alpha value is -3.13. The molecule has 0 fully saturated rings. The van der Waals surface area contributed by atoms with Gasteiger partial charge in [0.05, 0.1) is 5.75 Å². The smallest absolute Gasteiger partial charge is 0.253 e. The quantitative estimate of drug-likeness (QED) is 0.622. The Morgan fingerprint density at radius 2 is 1.93 bits per heavy atom. The normalized spacial score (nSPS) is 10.5. The number of rotatable bonds is 7. The Balaban J connectivity index is 1.59. The van der Waals surface area contributed by atoms with Crippen LogP contribution in [0.5, 0.6) is 0 Å². The van der Waals surface area contributed by atoms with Gasteiger partial charge in [0, 0.05) is 31.9 Å². The van der Waals surface area contributed by atoms with E-state index in [0.717, 1.165) is 5.56 Å². The van der Waals surface area contributed by atoms with Crippen molar-refractivity contribution in [2.75, 3.05) is 18.1 Å². The number of carbonyl (C=O) groups is 2. The van der Waals surface area contributed by atoms with E-state index in [9.17, 15) is 9.59 Å². The van der Waals surface area contributed by atoms with Gasteiger partial charge in [-0.15, -0.1) is 10.2 Å². The molecule has 3 rings (SSSR count). The van der Waals surface area contributed by atoms with E-state index in [0.29, 0.717) is 23.0 Å². The van der Waals surface area contributed by atoms with Gasteiger partial charge in [-0.1, -0.05) is 48.2 Å². The molecule has 144 valence electrons. The topological polar surface area (TPSA) is 80.1 Å². The largest absolute Gasteiger partial charge is 0.337 e. The lowest BCUT2D eigenvalue weighted by Gasteiger charge is -2.18. The number of carbonyl (C=O) groups excluding carboxylic acids is 2. The summed E-state index contributed by atoms with van der Waals surface area (Å²) in [5.41, 5.74) is 2.17. The second-order valence-electron chi connectivity index (χ2n) is 6.29. The summed E-state index contributed by atoms with van der Waals surface area (Å²) in [6, 6.07) is 16.8. The van der Waals surface area contributed by atoms with E-state index >= 15 is 0 Å². The number of hydrogen-bond acceptors (Lipinski definition) is 5. The van der Waals surface area contributed by atoms with Crippen molar-refractivity contribution in [3.8, 4) is 0 Å². The average Bonchev–Trinajstić information content (AvgIpc) is 3.11. The zero-order chi connectivity index (χ0) is 19.9. The molecule has 7 nitrogen and oxygen atoms in total. The fourth-order valence-corrected chi connectivity index (χ4v) is 3.30. The van der Waals surface area contributed by atoms with Crippen LogP contribution in [-0.2, 0) is 18.4 Å². The van der Waals surface area contributed by atoms with Crippen LogP contribution >= 0.6 is 11.8 Å². The number of thioether (sulfide) groups is 1. The molecule has 0 unspecified atom stereocenters. The third-order valence-electron chi connectivity index (χ3n) is 4.00. The molecule has 1 heterocycles. The monoisotopic (exact) mass is 395 g/mol. The van der Waals surface area contributed by atoms with Gasteiger partial charge in [0.2, 0.25) is 5.91 Å². The standard InChI is InChI=1S/C20H21N5O2S/c1-24(12-15-7-4-3-5-8-15)19(27)16-9-6-10-17(11-16)22-18(26)13-28-20-23-21-14-25(20)2/h3-11,14H,12-13H2,1-2H3,(H,22,26).